The first-order valence-corrected chi connectivity index (χ1v) is 14.3. The zero-order valence-corrected chi connectivity index (χ0v) is 23.3. The van der Waals surface area contributed by atoms with Crippen LogP contribution in [-0.4, -0.2) is 48.4 Å². The van der Waals surface area contributed by atoms with Crippen molar-refractivity contribution in [3.05, 3.63) is 59.5 Å². The standard InChI is InChI=1S/C32H36O6S/c1-37-24-16-17-25-22(19-24)11-8-13-28(25)39-29-20-23(15-18-26(33)21-9-6-7-10-21)31(32(29)36)27(34)12-4-3-5-14-30(35)38-2/h8,11,13,15-21,23,26-27,31,33-34H,3,5-7,9-10,14H2,1-2H3/b18-15+. The highest BCUT2D eigenvalue weighted by Gasteiger charge is 2.39. The number of ketones is 1. The van der Waals surface area contributed by atoms with Gasteiger partial charge in [0.15, 0.2) is 5.78 Å². The lowest BCUT2D eigenvalue weighted by atomic mass is 9.88. The van der Waals surface area contributed by atoms with Crippen LogP contribution in [0.1, 0.15) is 44.9 Å². The highest BCUT2D eigenvalue weighted by Crippen LogP contribution is 2.42. The van der Waals surface area contributed by atoms with Crippen molar-refractivity contribution in [2.24, 2.45) is 17.8 Å². The van der Waals surface area contributed by atoms with Gasteiger partial charge in [0.1, 0.15) is 11.9 Å². The second kappa shape index (κ2) is 13.8. The Balaban J connectivity index is 1.55. The lowest BCUT2D eigenvalue weighted by molar-refractivity contribution is -0.140. The number of hydrogen-bond donors (Lipinski definition) is 2. The van der Waals surface area contributed by atoms with Gasteiger partial charge in [-0.15, -0.1) is 5.92 Å². The van der Waals surface area contributed by atoms with Crippen LogP contribution in [-0.2, 0) is 14.3 Å². The Bertz CT molecular complexity index is 1300. The molecular formula is C32H36O6S. The highest BCUT2D eigenvalue weighted by molar-refractivity contribution is 8.04. The minimum atomic E-state index is -1.17. The first-order valence-electron chi connectivity index (χ1n) is 13.5. The maximum atomic E-state index is 13.6. The van der Waals surface area contributed by atoms with Crippen LogP contribution in [0.3, 0.4) is 0 Å². The van der Waals surface area contributed by atoms with Crippen LogP contribution in [0.2, 0.25) is 0 Å². The summed E-state index contributed by atoms with van der Waals surface area (Å²) in [5.41, 5.74) is 0. The van der Waals surface area contributed by atoms with E-state index in [1.54, 1.807) is 13.2 Å². The first-order chi connectivity index (χ1) is 18.9. The van der Waals surface area contributed by atoms with Gasteiger partial charge in [0.2, 0.25) is 0 Å². The maximum absolute atomic E-state index is 13.6. The number of aliphatic hydroxyl groups excluding tert-OH is 2. The monoisotopic (exact) mass is 548 g/mol. The number of carbonyl (C=O) groups is 2. The summed E-state index contributed by atoms with van der Waals surface area (Å²) < 4.78 is 10.00. The minimum absolute atomic E-state index is 0.160. The molecule has 0 heterocycles. The normalized spacial score (nSPS) is 21.0. The predicted octanol–water partition coefficient (Wildman–Crippen LogP) is 5.45. The average molecular weight is 549 g/mol. The van der Waals surface area contributed by atoms with E-state index in [1.807, 2.05) is 48.6 Å². The van der Waals surface area contributed by atoms with E-state index in [0.717, 1.165) is 47.1 Å². The molecule has 2 aliphatic rings. The summed E-state index contributed by atoms with van der Waals surface area (Å²) in [5.74, 6) is 5.14. The van der Waals surface area contributed by atoms with Crippen LogP contribution in [0.25, 0.3) is 10.8 Å². The van der Waals surface area contributed by atoms with Gasteiger partial charge in [0.05, 0.1) is 31.1 Å². The number of aliphatic hydroxyl groups is 2. The molecule has 1 saturated carbocycles. The Kier molecular flexibility index (Phi) is 10.3. The third-order valence-corrected chi connectivity index (χ3v) is 8.62. The molecule has 2 aromatic rings. The molecule has 0 aliphatic heterocycles. The van der Waals surface area contributed by atoms with Crippen molar-refractivity contribution in [1.82, 2.24) is 0 Å². The van der Waals surface area contributed by atoms with Crippen molar-refractivity contribution in [3.63, 3.8) is 0 Å². The van der Waals surface area contributed by atoms with Gasteiger partial charge in [0, 0.05) is 23.7 Å². The van der Waals surface area contributed by atoms with E-state index in [2.05, 4.69) is 16.6 Å². The van der Waals surface area contributed by atoms with Crippen molar-refractivity contribution in [2.75, 3.05) is 14.2 Å². The molecule has 0 aromatic heterocycles. The van der Waals surface area contributed by atoms with Crippen molar-refractivity contribution in [2.45, 2.75) is 62.0 Å². The number of unbranched alkanes of at least 4 members (excludes halogenated alkanes) is 1. The molecule has 4 unspecified atom stereocenters. The summed E-state index contributed by atoms with van der Waals surface area (Å²) in [6.07, 6.45) is 9.25. The van der Waals surface area contributed by atoms with Crippen molar-refractivity contribution in [3.8, 4) is 17.6 Å². The predicted molar refractivity (Wildman–Crippen MR) is 153 cm³/mol. The van der Waals surface area contributed by atoms with Gasteiger partial charge >= 0.3 is 5.97 Å². The van der Waals surface area contributed by atoms with Gasteiger partial charge in [-0.3, -0.25) is 9.59 Å². The third kappa shape index (κ3) is 7.33. The molecular weight excluding hydrogens is 512 g/mol. The fourth-order valence-corrected chi connectivity index (χ4v) is 6.41. The number of fused-ring (bicyclic) bond motifs is 1. The Morgan fingerprint density at radius 3 is 2.72 bits per heavy atom. The zero-order chi connectivity index (χ0) is 27.8. The van der Waals surface area contributed by atoms with Gasteiger partial charge in [-0.1, -0.05) is 60.9 Å². The number of allylic oxidation sites excluding steroid dienone is 3. The topological polar surface area (TPSA) is 93.1 Å². The number of methoxy groups -OCH3 is 2. The number of Topliss-reactive ketones (excluding diaryl/α,β-unsaturated/α-hetero) is 1. The van der Waals surface area contributed by atoms with E-state index < -0.39 is 18.1 Å². The fourth-order valence-electron chi connectivity index (χ4n) is 5.27. The molecule has 2 N–H and O–H groups in total. The number of hydrogen-bond acceptors (Lipinski definition) is 7. The summed E-state index contributed by atoms with van der Waals surface area (Å²) >= 11 is 1.39. The summed E-state index contributed by atoms with van der Waals surface area (Å²) in [7, 11) is 2.98. The Hall–Kier alpha value is -3.05. The van der Waals surface area contributed by atoms with E-state index in [1.165, 1.54) is 18.9 Å². The second-order valence-electron chi connectivity index (χ2n) is 10.1. The van der Waals surface area contributed by atoms with Crippen LogP contribution in [0.5, 0.6) is 5.75 Å². The van der Waals surface area contributed by atoms with Crippen LogP contribution >= 0.6 is 11.8 Å². The summed E-state index contributed by atoms with van der Waals surface area (Å²) in [4.78, 5) is 26.4. The molecule has 0 spiro atoms. The smallest absolute Gasteiger partial charge is 0.305 e. The Morgan fingerprint density at radius 1 is 1.18 bits per heavy atom. The molecule has 0 radical (unpaired) electrons. The zero-order valence-electron chi connectivity index (χ0n) is 22.5. The van der Waals surface area contributed by atoms with E-state index in [-0.39, 0.29) is 30.0 Å². The number of esters is 1. The molecule has 2 aliphatic carbocycles. The summed E-state index contributed by atoms with van der Waals surface area (Å²) in [5, 5.41) is 23.7. The number of benzene rings is 2. The molecule has 6 nitrogen and oxygen atoms in total. The number of rotatable bonds is 10. The number of thioether (sulfide) groups is 1. The van der Waals surface area contributed by atoms with Crippen molar-refractivity contribution >= 4 is 34.3 Å². The SMILES string of the molecule is COC(=O)CCCC#CC(O)C1C(=O)C(Sc2cccc3cc(OC)ccc23)=CC1/C=C/C(O)C1CCCC1. The number of ether oxygens (including phenoxy) is 2. The van der Waals surface area contributed by atoms with Gasteiger partial charge in [-0.2, -0.15) is 0 Å². The van der Waals surface area contributed by atoms with Gasteiger partial charge in [-0.25, -0.2) is 0 Å². The van der Waals surface area contributed by atoms with Crippen molar-refractivity contribution < 1.29 is 29.3 Å². The molecule has 0 saturated heterocycles. The largest absolute Gasteiger partial charge is 0.497 e. The molecule has 206 valence electrons. The molecule has 1 fully saturated rings. The molecule has 4 rings (SSSR count). The van der Waals surface area contributed by atoms with Crippen LogP contribution < -0.4 is 4.74 Å². The second-order valence-corrected chi connectivity index (χ2v) is 11.1. The molecule has 7 heteroatoms. The van der Waals surface area contributed by atoms with Crippen molar-refractivity contribution in [1.29, 1.82) is 0 Å². The number of carbonyl (C=O) groups excluding carboxylic acids is 2. The van der Waals surface area contributed by atoms with Gasteiger partial charge < -0.3 is 19.7 Å². The summed E-state index contributed by atoms with van der Waals surface area (Å²) in [6.45, 7) is 0. The third-order valence-electron chi connectivity index (χ3n) is 7.49. The van der Waals surface area contributed by atoms with E-state index >= 15 is 0 Å². The quantitative estimate of drug-likeness (QED) is 0.176. The molecule has 4 atom stereocenters. The van der Waals surface area contributed by atoms with E-state index in [9.17, 15) is 19.8 Å². The lowest BCUT2D eigenvalue weighted by Gasteiger charge is -2.19. The Labute approximate surface area is 234 Å². The summed E-state index contributed by atoms with van der Waals surface area (Å²) in [6, 6.07) is 11.8. The fraction of sp³-hybridized carbons (Fsp3) is 0.438. The molecule has 0 amide bonds. The van der Waals surface area contributed by atoms with Gasteiger partial charge in [-0.05, 0) is 60.2 Å². The van der Waals surface area contributed by atoms with Gasteiger partial charge in [0.25, 0.3) is 0 Å². The average Bonchev–Trinajstić information content (AvgIpc) is 3.59. The van der Waals surface area contributed by atoms with Crippen LogP contribution in [0.4, 0.5) is 0 Å². The maximum Gasteiger partial charge on any atom is 0.305 e. The molecule has 2 aromatic carbocycles. The molecule has 0 bridgehead atoms. The highest BCUT2D eigenvalue weighted by atomic mass is 32.2. The van der Waals surface area contributed by atoms with E-state index in [0.29, 0.717) is 17.7 Å². The lowest BCUT2D eigenvalue weighted by Crippen LogP contribution is -2.29. The first kappa shape index (κ1) is 28.9. The van der Waals surface area contributed by atoms with Crippen LogP contribution in [0.15, 0.2) is 64.4 Å². The Morgan fingerprint density at radius 2 is 1.97 bits per heavy atom. The molecule has 39 heavy (non-hydrogen) atoms. The minimum Gasteiger partial charge on any atom is -0.497 e. The van der Waals surface area contributed by atoms with E-state index in [4.69, 9.17) is 4.74 Å². The van der Waals surface area contributed by atoms with Crippen LogP contribution in [0, 0.1) is 29.6 Å².